The summed E-state index contributed by atoms with van der Waals surface area (Å²) in [5, 5.41) is 3.50. The monoisotopic (exact) mass is 233 g/mol. The van der Waals surface area contributed by atoms with Crippen molar-refractivity contribution in [2.45, 2.75) is 39.8 Å². The van der Waals surface area contributed by atoms with Crippen molar-refractivity contribution in [3.8, 4) is 0 Å². The lowest BCUT2D eigenvalue weighted by molar-refractivity contribution is 0.399. The largest absolute Gasteiger partial charge is 0.468 e. The molecule has 1 N–H and O–H groups in total. The van der Waals surface area contributed by atoms with E-state index in [1.807, 2.05) is 26.0 Å². The highest BCUT2D eigenvalue weighted by Gasteiger charge is 2.16. The first kappa shape index (κ1) is 12.0. The molecule has 2 unspecified atom stereocenters. The minimum Gasteiger partial charge on any atom is -0.468 e. The van der Waals surface area contributed by atoms with Gasteiger partial charge in [-0.15, -0.1) is 0 Å². The Labute approximate surface area is 102 Å². The Hall–Kier alpha value is -1.48. The van der Waals surface area contributed by atoms with Crippen molar-refractivity contribution in [2.75, 3.05) is 0 Å². The van der Waals surface area contributed by atoms with Crippen LogP contribution in [0.15, 0.2) is 33.3 Å². The highest BCUT2D eigenvalue weighted by Crippen LogP contribution is 2.24. The van der Waals surface area contributed by atoms with E-state index in [9.17, 15) is 0 Å². The van der Waals surface area contributed by atoms with Gasteiger partial charge in [0.15, 0.2) is 0 Å². The molecule has 17 heavy (non-hydrogen) atoms. The van der Waals surface area contributed by atoms with Gasteiger partial charge in [-0.25, -0.2) is 0 Å². The fourth-order valence-corrected chi connectivity index (χ4v) is 2.16. The van der Waals surface area contributed by atoms with Crippen LogP contribution in [0, 0.1) is 13.8 Å². The zero-order valence-corrected chi connectivity index (χ0v) is 10.8. The van der Waals surface area contributed by atoms with Crippen LogP contribution in [0.2, 0.25) is 0 Å². The van der Waals surface area contributed by atoms with Crippen LogP contribution in [0.5, 0.6) is 0 Å². The molecule has 2 heterocycles. The second-order valence-electron chi connectivity index (χ2n) is 4.49. The van der Waals surface area contributed by atoms with Gasteiger partial charge in [0, 0.05) is 11.6 Å². The minimum atomic E-state index is 0.189. The SMILES string of the molecule is Cc1cc(C(C)NC(C)c2ccco2)c(C)o1. The molecule has 0 radical (unpaired) electrons. The third-order valence-corrected chi connectivity index (χ3v) is 3.02. The Morgan fingerprint density at radius 1 is 1.18 bits per heavy atom. The van der Waals surface area contributed by atoms with Crippen molar-refractivity contribution >= 4 is 0 Å². The fourth-order valence-electron chi connectivity index (χ4n) is 2.16. The normalized spacial score (nSPS) is 14.8. The molecule has 0 spiro atoms. The molecule has 0 bridgehead atoms. The van der Waals surface area contributed by atoms with Crippen molar-refractivity contribution in [3.05, 3.63) is 47.3 Å². The van der Waals surface area contributed by atoms with Crippen LogP contribution in [-0.4, -0.2) is 0 Å². The average molecular weight is 233 g/mol. The maximum atomic E-state index is 5.54. The van der Waals surface area contributed by atoms with Crippen LogP contribution < -0.4 is 5.32 Å². The van der Waals surface area contributed by atoms with E-state index in [0.29, 0.717) is 0 Å². The summed E-state index contributed by atoms with van der Waals surface area (Å²) in [7, 11) is 0. The molecular formula is C14H19NO2. The van der Waals surface area contributed by atoms with Crippen molar-refractivity contribution in [1.82, 2.24) is 5.32 Å². The van der Waals surface area contributed by atoms with Gasteiger partial charge in [0.1, 0.15) is 17.3 Å². The molecule has 2 aromatic heterocycles. The number of hydrogen-bond acceptors (Lipinski definition) is 3. The first-order valence-corrected chi connectivity index (χ1v) is 5.94. The average Bonchev–Trinajstić information content (AvgIpc) is 2.87. The summed E-state index contributed by atoms with van der Waals surface area (Å²) in [6, 6.07) is 6.41. The van der Waals surface area contributed by atoms with E-state index in [4.69, 9.17) is 8.83 Å². The molecule has 2 atom stereocenters. The lowest BCUT2D eigenvalue weighted by Crippen LogP contribution is -2.22. The van der Waals surface area contributed by atoms with Gasteiger partial charge < -0.3 is 14.2 Å². The second kappa shape index (κ2) is 4.80. The number of rotatable bonds is 4. The Bertz CT molecular complexity index is 470. The van der Waals surface area contributed by atoms with Crippen LogP contribution in [0.25, 0.3) is 0 Å². The minimum absolute atomic E-state index is 0.189. The standard InChI is InChI=1S/C14H19NO2/c1-9-8-13(12(4)17-9)10(2)15-11(3)14-6-5-7-16-14/h5-8,10-11,15H,1-4H3. The van der Waals surface area contributed by atoms with Gasteiger partial charge in [-0.1, -0.05) is 0 Å². The summed E-state index contributed by atoms with van der Waals surface area (Å²) in [6.45, 7) is 8.20. The number of nitrogens with one attached hydrogen (secondary N) is 1. The van der Waals surface area contributed by atoms with Crippen LogP contribution in [-0.2, 0) is 0 Å². The Balaban J connectivity index is 2.06. The molecule has 0 aliphatic rings. The maximum absolute atomic E-state index is 5.54. The maximum Gasteiger partial charge on any atom is 0.120 e. The van der Waals surface area contributed by atoms with E-state index in [1.165, 1.54) is 5.56 Å². The first-order valence-electron chi connectivity index (χ1n) is 5.94. The smallest absolute Gasteiger partial charge is 0.120 e. The van der Waals surface area contributed by atoms with Crippen molar-refractivity contribution in [3.63, 3.8) is 0 Å². The molecule has 0 aliphatic heterocycles. The molecule has 92 valence electrons. The summed E-state index contributed by atoms with van der Waals surface area (Å²) in [5.74, 6) is 2.89. The molecule has 0 aromatic carbocycles. The van der Waals surface area contributed by atoms with Gasteiger partial charge >= 0.3 is 0 Å². The van der Waals surface area contributed by atoms with Gasteiger partial charge in [-0.05, 0) is 45.9 Å². The van der Waals surface area contributed by atoms with Crippen LogP contribution in [0.3, 0.4) is 0 Å². The summed E-state index contributed by atoms with van der Waals surface area (Å²) in [5.41, 5.74) is 1.21. The third kappa shape index (κ3) is 2.61. The lowest BCUT2D eigenvalue weighted by Gasteiger charge is -2.18. The van der Waals surface area contributed by atoms with Gasteiger partial charge in [0.25, 0.3) is 0 Å². The van der Waals surface area contributed by atoms with Crippen LogP contribution in [0.1, 0.15) is 48.8 Å². The van der Waals surface area contributed by atoms with E-state index in [1.54, 1.807) is 6.26 Å². The number of hydrogen-bond donors (Lipinski definition) is 1. The Kier molecular flexibility index (Phi) is 3.38. The van der Waals surface area contributed by atoms with Crippen LogP contribution >= 0.6 is 0 Å². The summed E-state index contributed by atoms with van der Waals surface area (Å²) in [6.07, 6.45) is 1.70. The molecule has 2 rings (SSSR count). The zero-order valence-electron chi connectivity index (χ0n) is 10.8. The number of aryl methyl sites for hydroxylation is 2. The molecule has 3 nitrogen and oxygen atoms in total. The molecule has 0 saturated carbocycles. The van der Waals surface area contributed by atoms with Gasteiger partial charge in [0.05, 0.1) is 12.3 Å². The summed E-state index contributed by atoms with van der Waals surface area (Å²) in [4.78, 5) is 0. The van der Waals surface area contributed by atoms with E-state index in [0.717, 1.165) is 17.3 Å². The van der Waals surface area contributed by atoms with Crippen molar-refractivity contribution in [1.29, 1.82) is 0 Å². The molecular weight excluding hydrogens is 214 g/mol. The van der Waals surface area contributed by atoms with E-state index in [-0.39, 0.29) is 12.1 Å². The fraction of sp³-hybridized carbons (Fsp3) is 0.429. The Morgan fingerprint density at radius 2 is 1.94 bits per heavy atom. The van der Waals surface area contributed by atoms with Crippen LogP contribution in [0.4, 0.5) is 0 Å². The third-order valence-electron chi connectivity index (χ3n) is 3.02. The molecule has 0 fully saturated rings. The molecule has 0 aliphatic carbocycles. The summed E-state index contributed by atoms with van der Waals surface area (Å²) >= 11 is 0. The van der Waals surface area contributed by atoms with E-state index in [2.05, 4.69) is 25.2 Å². The topological polar surface area (TPSA) is 38.3 Å². The van der Waals surface area contributed by atoms with Gasteiger partial charge in [-0.3, -0.25) is 0 Å². The second-order valence-corrected chi connectivity index (χ2v) is 4.49. The number of furan rings is 2. The van der Waals surface area contributed by atoms with Crippen molar-refractivity contribution in [2.24, 2.45) is 0 Å². The molecule has 0 saturated heterocycles. The molecule has 0 amide bonds. The van der Waals surface area contributed by atoms with Gasteiger partial charge in [0.2, 0.25) is 0 Å². The highest BCUT2D eigenvalue weighted by molar-refractivity contribution is 5.23. The van der Waals surface area contributed by atoms with Gasteiger partial charge in [-0.2, -0.15) is 0 Å². The molecule has 2 aromatic rings. The highest BCUT2D eigenvalue weighted by atomic mass is 16.3. The first-order chi connectivity index (χ1) is 8.08. The predicted octanol–water partition coefficient (Wildman–Crippen LogP) is 3.90. The quantitative estimate of drug-likeness (QED) is 0.870. The van der Waals surface area contributed by atoms with E-state index < -0.39 is 0 Å². The zero-order chi connectivity index (χ0) is 12.4. The van der Waals surface area contributed by atoms with Crippen molar-refractivity contribution < 1.29 is 8.83 Å². The van der Waals surface area contributed by atoms with E-state index >= 15 is 0 Å². The lowest BCUT2D eigenvalue weighted by atomic mass is 10.1. The Morgan fingerprint density at radius 3 is 2.47 bits per heavy atom. The summed E-state index contributed by atoms with van der Waals surface area (Å²) < 4.78 is 10.9. The predicted molar refractivity (Wildman–Crippen MR) is 66.9 cm³/mol. The molecule has 3 heteroatoms.